The molecule has 0 spiro atoms. The van der Waals surface area contributed by atoms with Crippen LogP contribution in [0.1, 0.15) is 43.5 Å². The number of carbonyl (C=O) groups excluding carboxylic acids is 1. The molecule has 1 aromatic rings. The van der Waals surface area contributed by atoms with E-state index in [1.807, 2.05) is 24.4 Å². The number of nitrogens with zero attached hydrogens (tertiary/aromatic N) is 1. The first-order chi connectivity index (χ1) is 9.63. The molecule has 1 aliphatic rings. The summed E-state index contributed by atoms with van der Waals surface area (Å²) in [6.07, 6.45) is 5.44. The summed E-state index contributed by atoms with van der Waals surface area (Å²) in [5.41, 5.74) is 3.88. The Bertz CT molecular complexity index is 558. The predicted molar refractivity (Wildman–Crippen MR) is 81.6 cm³/mol. The number of aliphatic imine (C=N–C) groups is 1. The third kappa shape index (κ3) is 3.16. The number of ether oxygens (including phenoxy) is 1. The average molecular weight is 271 g/mol. The SMILES string of the molecule is COC(=O)c1ccccc1N=CC1=C(C)C(C)CCC1. The molecular weight excluding hydrogens is 250 g/mol. The van der Waals surface area contributed by atoms with E-state index in [2.05, 4.69) is 18.8 Å². The molecule has 1 aromatic carbocycles. The van der Waals surface area contributed by atoms with Gasteiger partial charge < -0.3 is 4.74 Å². The molecule has 1 unspecified atom stereocenters. The van der Waals surface area contributed by atoms with Gasteiger partial charge in [-0.1, -0.05) is 24.6 Å². The van der Waals surface area contributed by atoms with Gasteiger partial charge in [0.05, 0.1) is 18.4 Å². The van der Waals surface area contributed by atoms with Crippen LogP contribution in [-0.4, -0.2) is 19.3 Å². The molecule has 20 heavy (non-hydrogen) atoms. The summed E-state index contributed by atoms with van der Waals surface area (Å²) in [5.74, 6) is 0.279. The van der Waals surface area contributed by atoms with Crippen molar-refractivity contribution in [3.63, 3.8) is 0 Å². The first-order valence-electron chi connectivity index (χ1n) is 7.04. The normalized spacial score (nSPS) is 19.4. The van der Waals surface area contributed by atoms with Gasteiger partial charge in [-0.3, -0.25) is 4.99 Å². The topological polar surface area (TPSA) is 38.7 Å². The Labute approximate surface area is 120 Å². The molecule has 0 amide bonds. The third-order valence-electron chi connectivity index (χ3n) is 4.00. The van der Waals surface area contributed by atoms with E-state index in [0.29, 0.717) is 17.2 Å². The Morgan fingerprint density at radius 2 is 2.15 bits per heavy atom. The van der Waals surface area contributed by atoms with Crippen LogP contribution in [0.3, 0.4) is 0 Å². The smallest absolute Gasteiger partial charge is 0.340 e. The lowest BCUT2D eigenvalue weighted by atomic mass is 9.85. The standard InChI is InChI=1S/C17H21NO2/c1-12-7-6-8-14(13(12)2)11-18-16-10-5-4-9-15(16)17(19)20-3/h4-5,9-12H,6-8H2,1-3H3. The summed E-state index contributed by atoms with van der Waals surface area (Å²) in [4.78, 5) is 16.2. The Morgan fingerprint density at radius 3 is 2.90 bits per heavy atom. The van der Waals surface area contributed by atoms with Crippen molar-refractivity contribution in [1.82, 2.24) is 0 Å². The number of methoxy groups -OCH3 is 1. The molecule has 3 nitrogen and oxygen atoms in total. The van der Waals surface area contributed by atoms with Crippen molar-refractivity contribution < 1.29 is 9.53 Å². The zero-order valence-corrected chi connectivity index (χ0v) is 12.3. The van der Waals surface area contributed by atoms with E-state index in [1.54, 1.807) is 6.07 Å². The largest absolute Gasteiger partial charge is 0.465 e. The van der Waals surface area contributed by atoms with Crippen LogP contribution in [0.2, 0.25) is 0 Å². The lowest BCUT2D eigenvalue weighted by Crippen LogP contribution is -2.08. The van der Waals surface area contributed by atoms with Gasteiger partial charge in [-0.25, -0.2) is 4.79 Å². The fourth-order valence-corrected chi connectivity index (χ4v) is 2.51. The van der Waals surface area contributed by atoms with Crippen molar-refractivity contribution in [3.05, 3.63) is 41.0 Å². The van der Waals surface area contributed by atoms with Crippen LogP contribution in [0.4, 0.5) is 5.69 Å². The van der Waals surface area contributed by atoms with Gasteiger partial charge in [0.15, 0.2) is 0 Å². The van der Waals surface area contributed by atoms with Crippen LogP contribution in [0.25, 0.3) is 0 Å². The Balaban J connectivity index is 2.28. The second-order valence-corrected chi connectivity index (χ2v) is 5.27. The number of hydrogen-bond acceptors (Lipinski definition) is 3. The zero-order chi connectivity index (χ0) is 14.5. The minimum absolute atomic E-state index is 0.347. The number of benzene rings is 1. The highest BCUT2D eigenvalue weighted by molar-refractivity contribution is 5.96. The number of rotatable bonds is 3. The number of allylic oxidation sites excluding steroid dienone is 2. The fraction of sp³-hybridized carbons (Fsp3) is 0.412. The second-order valence-electron chi connectivity index (χ2n) is 5.27. The molecule has 0 bridgehead atoms. The molecule has 106 valence electrons. The van der Waals surface area contributed by atoms with Crippen LogP contribution >= 0.6 is 0 Å². The third-order valence-corrected chi connectivity index (χ3v) is 4.00. The van der Waals surface area contributed by atoms with E-state index in [4.69, 9.17) is 4.74 Å². The Hall–Kier alpha value is -1.90. The molecule has 1 aliphatic carbocycles. The summed E-state index contributed by atoms with van der Waals surface area (Å²) in [6.45, 7) is 4.43. The number of para-hydroxylation sites is 1. The van der Waals surface area contributed by atoms with Crippen LogP contribution in [0.5, 0.6) is 0 Å². The lowest BCUT2D eigenvalue weighted by molar-refractivity contribution is 0.0601. The maximum Gasteiger partial charge on any atom is 0.340 e. The molecule has 0 radical (unpaired) electrons. The minimum atomic E-state index is -0.347. The zero-order valence-electron chi connectivity index (χ0n) is 12.3. The van der Waals surface area contributed by atoms with Crippen molar-refractivity contribution in [2.24, 2.45) is 10.9 Å². The average Bonchev–Trinajstić information content (AvgIpc) is 2.48. The van der Waals surface area contributed by atoms with Gasteiger partial charge in [-0.2, -0.15) is 0 Å². The Morgan fingerprint density at radius 1 is 1.40 bits per heavy atom. The van der Waals surface area contributed by atoms with Gasteiger partial charge in [-0.05, 0) is 49.8 Å². The van der Waals surface area contributed by atoms with Gasteiger partial charge in [0.1, 0.15) is 0 Å². The lowest BCUT2D eigenvalue weighted by Gasteiger charge is -2.21. The van der Waals surface area contributed by atoms with Crippen LogP contribution in [0, 0.1) is 5.92 Å². The summed E-state index contributed by atoms with van der Waals surface area (Å²) in [7, 11) is 1.39. The number of esters is 1. The molecule has 1 atom stereocenters. The number of carbonyl (C=O) groups is 1. The highest BCUT2D eigenvalue weighted by Gasteiger charge is 2.15. The fourth-order valence-electron chi connectivity index (χ4n) is 2.51. The molecule has 3 heteroatoms. The molecule has 0 N–H and O–H groups in total. The van der Waals surface area contributed by atoms with Crippen molar-refractivity contribution in [3.8, 4) is 0 Å². The van der Waals surface area contributed by atoms with Gasteiger partial charge in [0.25, 0.3) is 0 Å². The molecule has 0 fully saturated rings. The maximum atomic E-state index is 11.7. The van der Waals surface area contributed by atoms with Crippen LogP contribution < -0.4 is 0 Å². The van der Waals surface area contributed by atoms with Crippen LogP contribution in [0.15, 0.2) is 40.4 Å². The summed E-state index contributed by atoms with van der Waals surface area (Å²) in [5, 5.41) is 0. The molecule has 0 saturated heterocycles. The van der Waals surface area contributed by atoms with E-state index in [9.17, 15) is 4.79 Å². The molecule has 0 aliphatic heterocycles. The quantitative estimate of drug-likeness (QED) is 0.607. The predicted octanol–water partition coefficient (Wildman–Crippen LogP) is 4.31. The van der Waals surface area contributed by atoms with Crippen molar-refractivity contribution in [2.45, 2.75) is 33.1 Å². The maximum absolute atomic E-state index is 11.7. The van der Waals surface area contributed by atoms with Crippen molar-refractivity contribution in [1.29, 1.82) is 0 Å². The van der Waals surface area contributed by atoms with Gasteiger partial charge in [0.2, 0.25) is 0 Å². The first kappa shape index (κ1) is 14.5. The van der Waals surface area contributed by atoms with E-state index in [-0.39, 0.29) is 5.97 Å². The van der Waals surface area contributed by atoms with E-state index in [1.165, 1.54) is 31.1 Å². The minimum Gasteiger partial charge on any atom is -0.465 e. The van der Waals surface area contributed by atoms with Crippen molar-refractivity contribution in [2.75, 3.05) is 7.11 Å². The first-order valence-corrected chi connectivity index (χ1v) is 7.04. The monoisotopic (exact) mass is 271 g/mol. The highest BCUT2D eigenvalue weighted by atomic mass is 16.5. The van der Waals surface area contributed by atoms with E-state index < -0.39 is 0 Å². The summed E-state index contributed by atoms with van der Waals surface area (Å²) < 4.78 is 4.78. The molecule has 0 aromatic heterocycles. The molecular formula is C17H21NO2. The Kier molecular flexibility index (Phi) is 4.72. The van der Waals surface area contributed by atoms with Crippen LogP contribution in [-0.2, 0) is 4.74 Å². The highest BCUT2D eigenvalue weighted by Crippen LogP contribution is 2.29. The summed E-state index contributed by atoms with van der Waals surface area (Å²) in [6, 6.07) is 7.27. The van der Waals surface area contributed by atoms with Crippen molar-refractivity contribution >= 4 is 17.9 Å². The van der Waals surface area contributed by atoms with E-state index >= 15 is 0 Å². The second kappa shape index (κ2) is 6.51. The van der Waals surface area contributed by atoms with Gasteiger partial charge in [-0.15, -0.1) is 0 Å². The van der Waals surface area contributed by atoms with E-state index in [0.717, 1.165) is 6.42 Å². The molecule has 0 saturated carbocycles. The summed E-state index contributed by atoms with van der Waals surface area (Å²) >= 11 is 0. The number of hydrogen-bond donors (Lipinski definition) is 0. The molecule has 2 rings (SSSR count). The van der Waals surface area contributed by atoms with Gasteiger partial charge >= 0.3 is 5.97 Å². The molecule has 0 heterocycles. The van der Waals surface area contributed by atoms with Gasteiger partial charge in [0, 0.05) is 6.21 Å².